The van der Waals surface area contributed by atoms with Crippen LogP contribution < -0.4 is 9.47 Å². The minimum atomic E-state index is -0.297. The molecular weight excluding hydrogens is 473 g/mol. The molecule has 1 aromatic heterocycles. The molecule has 3 aromatic rings. The molecule has 0 bridgehead atoms. The van der Waals surface area contributed by atoms with Crippen LogP contribution in [0.5, 0.6) is 11.5 Å². The number of hydrogen-bond acceptors (Lipinski definition) is 6. The fraction of sp³-hybridized carbons (Fsp3) is 0.448. The first-order valence-electron chi connectivity index (χ1n) is 13.3. The second-order valence-electron chi connectivity index (χ2n) is 10.4. The summed E-state index contributed by atoms with van der Waals surface area (Å²) in [4.78, 5) is 17.4. The Morgan fingerprint density at radius 1 is 1.05 bits per heavy atom. The van der Waals surface area contributed by atoms with Crippen molar-refractivity contribution in [3.8, 4) is 11.5 Å². The molecule has 3 aliphatic rings. The second-order valence-corrected chi connectivity index (χ2v) is 10.4. The van der Waals surface area contributed by atoms with E-state index in [9.17, 15) is 9.18 Å². The third kappa shape index (κ3) is 5.34. The van der Waals surface area contributed by atoms with Crippen LogP contribution in [-0.2, 0) is 4.79 Å². The fourth-order valence-electron chi connectivity index (χ4n) is 5.81. The van der Waals surface area contributed by atoms with Crippen LogP contribution in [0.2, 0.25) is 0 Å². The molecule has 0 aliphatic carbocycles. The maximum absolute atomic E-state index is 13.5. The molecule has 2 fully saturated rings. The number of nitrogens with zero attached hydrogens (tertiary/aromatic N) is 3. The van der Waals surface area contributed by atoms with Gasteiger partial charge in [-0.1, -0.05) is 11.2 Å². The second kappa shape index (κ2) is 10.5. The number of halogens is 1. The standard InChI is InChI=1S/C29H32FN3O4/c30-23-5-6-24-26(17-23)37-31-29(24)22-10-14-32(15-11-22)13-9-21-2-1-12-33(18-21)28(34)8-4-20-3-7-25-27(16-20)36-19-35-25/h3-8,16-17,21-22H,1-2,9-15,18-19H2/t21-/m1/s1. The van der Waals surface area contributed by atoms with Gasteiger partial charge in [0.05, 0.1) is 5.69 Å². The maximum Gasteiger partial charge on any atom is 0.246 e. The van der Waals surface area contributed by atoms with Crippen molar-refractivity contribution < 1.29 is 23.2 Å². The molecule has 1 atom stereocenters. The summed E-state index contributed by atoms with van der Waals surface area (Å²) in [6.07, 6.45) is 8.91. The molecule has 0 unspecified atom stereocenters. The summed E-state index contributed by atoms with van der Waals surface area (Å²) in [5.74, 6) is 2.12. The molecule has 0 radical (unpaired) electrons. The van der Waals surface area contributed by atoms with Gasteiger partial charge in [0.1, 0.15) is 5.82 Å². The molecule has 8 heteroatoms. The lowest BCUT2D eigenvalue weighted by Gasteiger charge is -2.35. The minimum Gasteiger partial charge on any atom is -0.454 e. The first-order chi connectivity index (χ1) is 18.1. The van der Waals surface area contributed by atoms with Gasteiger partial charge in [-0.2, -0.15) is 0 Å². The molecule has 194 valence electrons. The average molecular weight is 506 g/mol. The van der Waals surface area contributed by atoms with Crippen LogP contribution in [0.4, 0.5) is 4.39 Å². The summed E-state index contributed by atoms with van der Waals surface area (Å²) in [5, 5.41) is 5.19. The predicted molar refractivity (Wildman–Crippen MR) is 138 cm³/mol. The zero-order chi connectivity index (χ0) is 25.2. The molecule has 3 aliphatic heterocycles. The maximum atomic E-state index is 13.5. The third-order valence-electron chi connectivity index (χ3n) is 7.94. The highest BCUT2D eigenvalue weighted by atomic mass is 19.1. The highest BCUT2D eigenvalue weighted by molar-refractivity contribution is 5.92. The lowest BCUT2D eigenvalue weighted by Crippen LogP contribution is -2.41. The molecule has 2 aromatic carbocycles. The van der Waals surface area contributed by atoms with Crippen LogP contribution in [0.15, 0.2) is 47.0 Å². The number of carbonyl (C=O) groups excluding carboxylic acids is 1. The Hall–Kier alpha value is -3.39. The SMILES string of the molecule is O=C(C=Cc1ccc2c(c1)OCO2)N1CCC[C@H](CCN2CCC(c3noc4cc(F)ccc34)CC2)C1. The first kappa shape index (κ1) is 24.0. The number of amides is 1. The Labute approximate surface area is 215 Å². The van der Waals surface area contributed by atoms with E-state index in [2.05, 4.69) is 10.1 Å². The monoisotopic (exact) mass is 505 g/mol. The van der Waals surface area contributed by atoms with Gasteiger partial charge in [-0.3, -0.25) is 4.79 Å². The molecule has 0 saturated carbocycles. The Balaban J connectivity index is 0.970. The molecule has 7 nitrogen and oxygen atoms in total. The van der Waals surface area contributed by atoms with Gasteiger partial charge in [0.15, 0.2) is 17.1 Å². The van der Waals surface area contributed by atoms with Gasteiger partial charge >= 0.3 is 0 Å². The summed E-state index contributed by atoms with van der Waals surface area (Å²) >= 11 is 0. The zero-order valence-electron chi connectivity index (χ0n) is 20.9. The Morgan fingerprint density at radius 3 is 2.81 bits per heavy atom. The van der Waals surface area contributed by atoms with E-state index >= 15 is 0 Å². The van der Waals surface area contributed by atoms with E-state index in [1.807, 2.05) is 29.2 Å². The number of piperidine rings is 2. The van der Waals surface area contributed by atoms with E-state index < -0.39 is 0 Å². The van der Waals surface area contributed by atoms with Gasteiger partial charge in [0.2, 0.25) is 12.7 Å². The van der Waals surface area contributed by atoms with Crippen LogP contribution in [0.1, 0.15) is 49.3 Å². The van der Waals surface area contributed by atoms with E-state index in [1.165, 1.54) is 18.6 Å². The summed E-state index contributed by atoms with van der Waals surface area (Å²) in [7, 11) is 0. The van der Waals surface area contributed by atoms with Gasteiger partial charge in [0.25, 0.3) is 0 Å². The van der Waals surface area contributed by atoms with Crippen LogP contribution in [-0.4, -0.2) is 60.4 Å². The number of fused-ring (bicyclic) bond motifs is 2. The van der Waals surface area contributed by atoms with Gasteiger partial charge < -0.3 is 23.8 Å². The third-order valence-corrected chi connectivity index (χ3v) is 7.94. The number of carbonyl (C=O) groups is 1. The van der Waals surface area contributed by atoms with Crippen LogP contribution in [0.3, 0.4) is 0 Å². The molecule has 2 saturated heterocycles. The summed E-state index contributed by atoms with van der Waals surface area (Å²) < 4.78 is 29.6. The predicted octanol–water partition coefficient (Wildman–Crippen LogP) is 5.22. The van der Waals surface area contributed by atoms with Crippen LogP contribution >= 0.6 is 0 Å². The van der Waals surface area contributed by atoms with Crippen molar-refractivity contribution in [1.82, 2.24) is 15.0 Å². The number of aromatic nitrogens is 1. The molecule has 6 rings (SSSR count). The Bertz CT molecular complexity index is 1300. The normalized spacial score (nSPS) is 20.8. The molecule has 4 heterocycles. The Morgan fingerprint density at radius 2 is 1.92 bits per heavy atom. The number of rotatable bonds is 6. The summed E-state index contributed by atoms with van der Waals surface area (Å²) in [6.45, 7) is 4.98. The fourth-order valence-corrected chi connectivity index (χ4v) is 5.81. The van der Waals surface area contributed by atoms with Crippen molar-refractivity contribution in [3.05, 3.63) is 59.5 Å². The van der Waals surface area contributed by atoms with E-state index in [0.29, 0.717) is 17.4 Å². The van der Waals surface area contributed by atoms with Crippen molar-refractivity contribution in [3.63, 3.8) is 0 Å². The van der Waals surface area contributed by atoms with Crippen LogP contribution in [0, 0.1) is 11.7 Å². The zero-order valence-corrected chi connectivity index (χ0v) is 20.9. The van der Waals surface area contributed by atoms with Crippen molar-refractivity contribution in [2.45, 2.75) is 38.0 Å². The topological polar surface area (TPSA) is 68.0 Å². The van der Waals surface area contributed by atoms with Gasteiger partial charge in [-0.15, -0.1) is 0 Å². The van der Waals surface area contributed by atoms with Crippen molar-refractivity contribution in [1.29, 1.82) is 0 Å². The lowest BCUT2D eigenvalue weighted by molar-refractivity contribution is -0.127. The van der Waals surface area contributed by atoms with E-state index in [0.717, 1.165) is 86.5 Å². The summed E-state index contributed by atoms with van der Waals surface area (Å²) in [5.41, 5.74) is 2.42. The van der Waals surface area contributed by atoms with E-state index in [-0.39, 0.29) is 18.5 Å². The number of likely N-dealkylation sites (tertiary alicyclic amines) is 2. The lowest BCUT2D eigenvalue weighted by atomic mass is 9.90. The first-order valence-corrected chi connectivity index (χ1v) is 13.3. The molecule has 1 amide bonds. The highest BCUT2D eigenvalue weighted by Crippen LogP contribution is 2.34. The van der Waals surface area contributed by atoms with Crippen molar-refractivity contribution >= 4 is 23.0 Å². The number of ether oxygens (including phenoxy) is 2. The number of benzene rings is 2. The molecule has 0 spiro atoms. The average Bonchev–Trinajstić information content (AvgIpc) is 3.57. The smallest absolute Gasteiger partial charge is 0.246 e. The Kier molecular flexibility index (Phi) is 6.83. The number of hydrogen-bond donors (Lipinski definition) is 0. The van der Waals surface area contributed by atoms with Gasteiger partial charge in [-0.05, 0) is 93.6 Å². The van der Waals surface area contributed by atoms with Gasteiger partial charge in [0, 0.05) is 36.5 Å². The van der Waals surface area contributed by atoms with E-state index in [4.69, 9.17) is 14.0 Å². The molecule has 37 heavy (non-hydrogen) atoms. The highest BCUT2D eigenvalue weighted by Gasteiger charge is 2.27. The van der Waals surface area contributed by atoms with Crippen LogP contribution in [0.25, 0.3) is 17.0 Å². The van der Waals surface area contributed by atoms with Crippen molar-refractivity contribution in [2.75, 3.05) is 39.5 Å². The quantitative estimate of drug-likeness (QED) is 0.428. The van der Waals surface area contributed by atoms with Gasteiger partial charge in [-0.25, -0.2) is 4.39 Å². The summed E-state index contributed by atoms with van der Waals surface area (Å²) in [6, 6.07) is 10.4. The molecule has 0 N–H and O–H groups in total. The molecular formula is C29H32FN3O4. The van der Waals surface area contributed by atoms with E-state index in [1.54, 1.807) is 12.1 Å². The minimum absolute atomic E-state index is 0.0721. The van der Waals surface area contributed by atoms with Crippen molar-refractivity contribution in [2.24, 2.45) is 5.92 Å². The largest absolute Gasteiger partial charge is 0.454 e.